The third kappa shape index (κ3) is 4.34. The van der Waals surface area contributed by atoms with Gasteiger partial charge in [0.2, 0.25) is 5.91 Å². The summed E-state index contributed by atoms with van der Waals surface area (Å²) in [6.45, 7) is 4.17. The Kier molecular flexibility index (Phi) is 4.51. The molecule has 0 heterocycles. The number of amides is 1. The Morgan fingerprint density at radius 2 is 2.00 bits per heavy atom. The van der Waals surface area contributed by atoms with Crippen molar-refractivity contribution in [2.45, 2.75) is 45.1 Å². The topological polar surface area (TPSA) is 83.6 Å². The first kappa shape index (κ1) is 14.0. The fourth-order valence-electron chi connectivity index (χ4n) is 2.08. The highest BCUT2D eigenvalue weighted by molar-refractivity contribution is 5.82. The second kappa shape index (κ2) is 5.49. The quantitative estimate of drug-likeness (QED) is 0.722. The van der Waals surface area contributed by atoms with E-state index in [1.807, 2.05) is 13.8 Å². The summed E-state index contributed by atoms with van der Waals surface area (Å²) in [6, 6.07) is 0. The highest BCUT2D eigenvalue weighted by Gasteiger charge is 2.36. The molecule has 0 aliphatic heterocycles. The van der Waals surface area contributed by atoms with E-state index in [-0.39, 0.29) is 30.3 Å². The van der Waals surface area contributed by atoms with Crippen LogP contribution in [0, 0.1) is 5.92 Å². The molecule has 5 heteroatoms. The van der Waals surface area contributed by atoms with E-state index in [9.17, 15) is 9.59 Å². The third-order valence-electron chi connectivity index (χ3n) is 3.12. The van der Waals surface area contributed by atoms with Crippen molar-refractivity contribution in [1.82, 2.24) is 4.90 Å². The molecule has 0 aromatic heterocycles. The molecule has 0 radical (unpaired) electrons. The minimum Gasteiger partial charge on any atom is -0.480 e. The first-order valence-electron chi connectivity index (χ1n) is 6.11. The normalized spacial score (nSPS) is 17.6. The Morgan fingerprint density at radius 1 is 1.41 bits per heavy atom. The second-order valence-electron chi connectivity index (χ2n) is 5.45. The predicted molar refractivity (Wildman–Crippen MR) is 64.4 cm³/mol. The summed E-state index contributed by atoms with van der Waals surface area (Å²) >= 11 is 0. The fourth-order valence-corrected chi connectivity index (χ4v) is 2.08. The maximum atomic E-state index is 12.0. The Bertz CT molecular complexity index is 298. The SMILES string of the molecule is CC(C)CN(CC(=O)O)C(=O)CC1(N)CCC1. The Labute approximate surface area is 102 Å². The lowest BCUT2D eigenvalue weighted by Crippen LogP contribution is -2.51. The lowest BCUT2D eigenvalue weighted by atomic mass is 9.75. The molecule has 1 amide bonds. The number of nitrogens with zero attached hydrogens (tertiary/aromatic N) is 1. The van der Waals surface area contributed by atoms with Crippen LogP contribution < -0.4 is 5.73 Å². The highest BCUT2D eigenvalue weighted by atomic mass is 16.4. The molecule has 98 valence electrons. The maximum absolute atomic E-state index is 12.0. The van der Waals surface area contributed by atoms with Crippen molar-refractivity contribution in [3.05, 3.63) is 0 Å². The second-order valence-corrected chi connectivity index (χ2v) is 5.45. The molecule has 0 atom stereocenters. The summed E-state index contributed by atoms with van der Waals surface area (Å²) in [4.78, 5) is 24.1. The predicted octanol–water partition coefficient (Wildman–Crippen LogP) is 0.827. The molecule has 0 unspecified atom stereocenters. The smallest absolute Gasteiger partial charge is 0.323 e. The average Bonchev–Trinajstić information content (AvgIpc) is 2.12. The van der Waals surface area contributed by atoms with Crippen LogP contribution in [0.2, 0.25) is 0 Å². The fraction of sp³-hybridized carbons (Fsp3) is 0.833. The molecule has 1 fully saturated rings. The molecular weight excluding hydrogens is 220 g/mol. The lowest BCUT2D eigenvalue weighted by Gasteiger charge is -2.39. The van der Waals surface area contributed by atoms with E-state index in [2.05, 4.69) is 0 Å². The monoisotopic (exact) mass is 242 g/mol. The molecular formula is C12H22N2O3. The molecule has 1 aliphatic rings. The molecule has 0 saturated heterocycles. The van der Waals surface area contributed by atoms with Gasteiger partial charge < -0.3 is 15.7 Å². The van der Waals surface area contributed by atoms with Crippen LogP contribution in [0.25, 0.3) is 0 Å². The number of nitrogens with two attached hydrogens (primary N) is 1. The highest BCUT2D eigenvalue weighted by Crippen LogP contribution is 2.32. The molecule has 0 bridgehead atoms. The van der Waals surface area contributed by atoms with Gasteiger partial charge in [0.05, 0.1) is 0 Å². The maximum Gasteiger partial charge on any atom is 0.323 e. The van der Waals surface area contributed by atoms with E-state index in [1.54, 1.807) is 0 Å². The molecule has 1 rings (SSSR count). The van der Waals surface area contributed by atoms with Gasteiger partial charge in [0.25, 0.3) is 0 Å². The summed E-state index contributed by atoms with van der Waals surface area (Å²) in [5.74, 6) is -0.851. The largest absolute Gasteiger partial charge is 0.480 e. The Hall–Kier alpha value is -1.10. The van der Waals surface area contributed by atoms with Crippen LogP contribution in [0.1, 0.15) is 39.5 Å². The van der Waals surface area contributed by atoms with Gasteiger partial charge in [0.15, 0.2) is 0 Å². The zero-order chi connectivity index (χ0) is 13.1. The number of rotatable bonds is 6. The minimum absolute atomic E-state index is 0.136. The molecule has 3 N–H and O–H groups in total. The summed E-state index contributed by atoms with van der Waals surface area (Å²) in [5.41, 5.74) is 5.62. The van der Waals surface area contributed by atoms with Crippen molar-refractivity contribution < 1.29 is 14.7 Å². The van der Waals surface area contributed by atoms with Crippen molar-refractivity contribution in [1.29, 1.82) is 0 Å². The molecule has 1 saturated carbocycles. The van der Waals surface area contributed by atoms with E-state index in [4.69, 9.17) is 10.8 Å². The van der Waals surface area contributed by atoms with Crippen molar-refractivity contribution in [2.24, 2.45) is 11.7 Å². The molecule has 1 aliphatic carbocycles. The number of hydrogen-bond donors (Lipinski definition) is 2. The van der Waals surface area contributed by atoms with E-state index >= 15 is 0 Å². The van der Waals surface area contributed by atoms with E-state index in [0.717, 1.165) is 19.3 Å². The molecule has 0 spiro atoms. The van der Waals surface area contributed by atoms with Crippen LogP contribution in [-0.4, -0.2) is 40.5 Å². The van der Waals surface area contributed by atoms with E-state index < -0.39 is 5.97 Å². The zero-order valence-electron chi connectivity index (χ0n) is 10.6. The summed E-state index contributed by atoms with van der Waals surface area (Å²) in [7, 11) is 0. The Balaban J connectivity index is 2.55. The van der Waals surface area contributed by atoms with Crippen LogP contribution in [0.5, 0.6) is 0 Å². The summed E-state index contributed by atoms with van der Waals surface area (Å²) in [5, 5.41) is 8.79. The zero-order valence-corrected chi connectivity index (χ0v) is 10.6. The molecule has 0 aromatic carbocycles. The van der Waals surface area contributed by atoms with Gasteiger partial charge in [-0.1, -0.05) is 13.8 Å². The van der Waals surface area contributed by atoms with Gasteiger partial charge in [0.1, 0.15) is 6.54 Å². The van der Waals surface area contributed by atoms with Crippen LogP contribution in [0.15, 0.2) is 0 Å². The Morgan fingerprint density at radius 3 is 2.35 bits per heavy atom. The van der Waals surface area contributed by atoms with Crippen molar-refractivity contribution in [3.8, 4) is 0 Å². The van der Waals surface area contributed by atoms with Crippen molar-refractivity contribution in [2.75, 3.05) is 13.1 Å². The van der Waals surface area contributed by atoms with Gasteiger partial charge in [-0.2, -0.15) is 0 Å². The first-order valence-corrected chi connectivity index (χ1v) is 6.11. The standard InChI is InChI=1S/C12H22N2O3/c1-9(2)7-14(8-11(16)17)10(15)6-12(13)4-3-5-12/h9H,3-8,13H2,1-2H3,(H,16,17). The number of carboxylic acid groups (broad SMARTS) is 1. The van der Waals surface area contributed by atoms with Gasteiger partial charge >= 0.3 is 5.97 Å². The van der Waals surface area contributed by atoms with Gasteiger partial charge in [-0.25, -0.2) is 0 Å². The third-order valence-corrected chi connectivity index (χ3v) is 3.12. The van der Waals surface area contributed by atoms with Crippen LogP contribution in [0.3, 0.4) is 0 Å². The summed E-state index contributed by atoms with van der Waals surface area (Å²) in [6.07, 6.45) is 3.06. The number of carboxylic acids is 1. The number of hydrogen-bond acceptors (Lipinski definition) is 3. The number of carbonyl (C=O) groups excluding carboxylic acids is 1. The number of carbonyl (C=O) groups is 2. The average molecular weight is 242 g/mol. The van der Waals surface area contributed by atoms with Crippen LogP contribution in [-0.2, 0) is 9.59 Å². The van der Waals surface area contributed by atoms with Gasteiger partial charge in [-0.15, -0.1) is 0 Å². The van der Waals surface area contributed by atoms with Crippen LogP contribution in [0.4, 0.5) is 0 Å². The van der Waals surface area contributed by atoms with Crippen LogP contribution >= 0.6 is 0 Å². The van der Waals surface area contributed by atoms with E-state index in [1.165, 1.54) is 4.90 Å². The van der Waals surface area contributed by atoms with Gasteiger partial charge in [-0.3, -0.25) is 9.59 Å². The van der Waals surface area contributed by atoms with Gasteiger partial charge in [0, 0.05) is 18.5 Å². The molecule has 5 nitrogen and oxygen atoms in total. The summed E-state index contributed by atoms with van der Waals surface area (Å²) < 4.78 is 0. The lowest BCUT2D eigenvalue weighted by molar-refractivity contribution is -0.145. The van der Waals surface area contributed by atoms with Crippen molar-refractivity contribution >= 4 is 11.9 Å². The van der Waals surface area contributed by atoms with E-state index in [0.29, 0.717) is 6.54 Å². The molecule has 0 aromatic rings. The first-order chi connectivity index (χ1) is 7.82. The minimum atomic E-state index is -0.973. The number of aliphatic carboxylic acids is 1. The van der Waals surface area contributed by atoms with Crippen molar-refractivity contribution in [3.63, 3.8) is 0 Å². The van der Waals surface area contributed by atoms with Gasteiger partial charge in [-0.05, 0) is 25.2 Å². The molecule has 17 heavy (non-hydrogen) atoms.